The van der Waals surface area contributed by atoms with Gasteiger partial charge in [0.2, 0.25) is 0 Å². The summed E-state index contributed by atoms with van der Waals surface area (Å²) in [7, 11) is 0. The van der Waals surface area contributed by atoms with E-state index in [4.69, 9.17) is 4.74 Å². The molecule has 0 saturated carbocycles. The number of aromatic nitrogens is 1. The van der Waals surface area contributed by atoms with E-state index < -0.39 is 11.6 Å². The molecule has 0 radical (unpaired) electrons. The van der Waals surface area contributed by atoms with Crippen molar-refractivity contribution in [3.05, 3.63) is 59.9 Å². The Labute approximate surface area is 151 Å². The minimum absolute atomic E-state index is 0.119. The van der Waals surface area contributed by atoms with Crippen molar-refractivity contribution in [2.75, 3.05) is 32.8 Å². The first kappa shape index (κ1) is 18.3. The van der Waals surface area contributed by atoms with Crippen molar-refractivity contribution < 1.29 is 18.3 Å². The fourth-order valence-electron chi connectivity index (χ4n) is 2.92. The van der Waals surface area contributed by atoms with Crippen LogP contribution in [-0.4, -0.2) is 53.5 Å². The third kappa shape index (κ3) is 4.98. The lowest BCUT2D eigenvalue weighted by Gasteiger charge is -2.22. The lowest BCUT2D eigenvalue weighted by Crippen LogP contribution is -2.38. The number of pyridine rings is 1. The van der Waals surface area contributed by atoms with Gasteiger partial charge in [-0.15, -0.1) is 0 Å². The summed E-state index contributed by atoms with van der Waals surface area (Å²) in [5.41, 5.74) is 1.00. The van der Waals surface area contributed by atoms with E-state index >= 15 is 0 Å². The average Bonchev–Trinajstić information content (AvgIpc) is 2.87. The van der Waals surface area contributed by atoms with E-state index in [1.807, 2.05) is 18.2 Å². The van der Waals surface area contributed by atoms with Crippen molar-refractivity contribution in [1.82, 2.24) is 14.8 Å². The monoisotopic (exact) mass is 361 g/mol. The molecule has 0 atom stereocenters. The van der Waals surface area contributed by atoms with E-state index in [0.717, 1.165) is 43.9 Å². The summed E-state index contributed by atoms with van der Waals surface area (Å²) >= 11 is 0. The van der Waals surface area contributed by atoms with Gasteiger partial charge in [-0.3, -0.25) is 14.7 Å². The Kier molecular flexibility index (Phi) is 6.12. The van der Waals surface area contributed by atoms with Gasteiger partial charge in [0.05, 0.1) is 5.69 Å². The molecule has 1 aliphatic rings. The number of benzene rings is 1. The molecule has 5 nitrogen and oxygen atoms in total. The van der Waals surface area contributed by atoms with Crippen molar-refractivity contribution in [3.63, 3.8) is 0 Å². The number of hydrogen-bond donors (Lipinski definition) is 0. The first-order chi connectivity index (χ1) is 12.6. The molecule has 7 heteroatoms. The molecule has 0 spiro atoms. The van der Waals surface area contributed by atoms with Crippen LogP contribution in [0.1, 0.15) is 12.1 Å². The minimum Gasteiger partial charge on any atom is -0.481 e. The number of amides is 1. The molecule has 138 valence electrons. The molecular weight excluding hydrogens is 340 g/mol. The van der Waals surface area contributed by atoms with E-state index in [0.29, 0.717) is 13.1 Å². The molecule has 1 aliphatic heterocycles. The van der Waals surface area contributed by atoms with Gasteiger partial charge in [0, 0.05) is 45.0 Å². The lowest BCUT2D eigenvalue weighted by atomic mass is 10.3. The Morgan fingerprint density at radius 2 is 2.00 bits per heavy atom. The van der Waals surface area contributed by atoms with Crippen molar-refractivity contribution >= 4 is 5.91 Å². The molecule has 1 fully saturated rings. The zero-order valence-corrected chi connectivity index (χ0v) is 14.4. The quantitative estimate of drug-likeness (QED) is 0.821. The number of rotatable bonds is 5. The second-order valence-corrected chi connectivity index (χ2v) is 6.19. The SMILES string of the molecule is O=C(COc1ccc(F)cc1F)N1CCCN(Cc2ccccn2)CC1. The van der Waals surface area contributed by atoms with Gasteiger partial charge in [0.15, 0.2) is 18.2 Å². The normalized spacial score (nSPS) is 15.5. The molecule has 0 N–H and O–H groups in total. The molecule has 3 rings (SSSR count). The number of ether oxygens (including phenoxy) is 1. The number of halogens is 2. The second-order valence-electron chi connectivity index (χ2n) is 6.19. The zero-order valence-electron chi connectivity index (χ0n) is 14.4. The smallest absolute Gasteiger partial charge is 0.260 e. The zero-order chi connectivity index (χ0) is 18.4. The standard InChI is InChI=1S/C19H21F2N3O2/c20-15-5-6-18(17(21)12-15)26-14-19(25)24-9-3-8-23(10-11-24)13-16-4-1-2-7-22-16/h1-2,4-7,12H,3,8-11,13-14H2. The third-order valence-corrected chi connectivity index (χ3v) is 4.30. The highest BCUT2D eigenvalue weighted by molar-refractivity contribution is 5.77. The molecule has 0 aliphatic carbocycles. The molecule has 2 heterocycles. The van der Waals surface area contributed by atoms with Crippen LogP contribution < -0.4 is 4.74 Å². The Bertz CT molecular complexity index is 743. The fourth-order valence-corrected chi connectivity index (χ4v) is 2.92. The highest BCUT2D eigenvalue weighted by atomic mass is 19.1. The molecule has 1 aromatic carbocycles. The van der Waals surface area contributed by atoms with Crippen LogP contribution in [0.15, 0.2) is 42.6 Å². The summed E-state index contributed by atoms with van der Waals surface area (Å²) in [5.74, 6) is -1.81. The van der Waals surface area contributed by atoms with E-state index in [1.54, 1.807) is 11.1 Å². The highest BCUT2D eigenvalue weighted by Gasteiger charge is 2.20. The van der Waals surface area contributed by atoms with Gasteiger partial charge in [-0.05, 0) is 30.7 Å². The summed E-state index contributed by atoms with van der Waals surface area (Å²) in [6.07, 6.45) is 2.62. The molecule has 2 aromatic rings. The van der Waals surface area contributed by atoms with Gasteiger partial charge in [-0.25, -0.2) is 8.78 Å². The first-order valence-electron chi connectivity index (χ1n) is 8.60. The van der Waals surface area contributed by atoms with Crippen LogP contribution >= 0.6 is 0 Å². The average molecular weight is 361 g/mol. The lowest BCUT2D eigenvalue weighted by molar-refractivity contribution is -0.133. The molecule has 1 amide bonds. The number of hydrogen-bond acceptors (Lipinski definition) is 4. The summed E-state index contributed by atoms with van der Waals surface area (Å²) in [6.45, 7) is 3.33. The molecule has 1 saturated heterocycles. The fraction of sp³-hybridized carbons (Fsp3) is 0.368. The second kappa shape index (κ2) is 8.71. The van der Waals surface area contributed by atoms with Gasteiger partial charge < -0.3 is 9.64 Å². The maximum atomic E-state index is 13.6. The molecule has 26 heavy (non-hydrogen) atoms. The van der Waals surface area contributed by atoms with Gasteiger partial charge in [-0.1, -0.05) is 6.07 Å². The van der Waals surface area contributed by atoms with Crippen molar-refractivity contribution in [1.29, 1.82) is 0 Å². The van der Waals surface area contributed by atoms with Crippen LogP contribution in [0.5, 0.6) is 5.75 Å². The number of carbonyl (C=O) groups excluding carboxylic acids is 1. The predicted octanol–water partition coefficient (Wildman–Crippen LogP) is 2.47. The van der Waals surface area contributed by atoms with Crippen LogP contribution in [0, 0.1) is 11.6 Å². The number of nitrogens with zero attached hydrogens (tertiary/aromatic N) is 3. The highest BCUT2D eigenvalue weighted by Crippen LogP contribution is 2.17. The first-order valence-corrected chi connectivity index (χ1v) is 8.60. The molecule has 1 aromatic heterocycles. The molecule has 0 bridgehead atoms. The van der Waals surface area contributed by atoms with Crippen molar-refractivity contribution in [3.8, 4) is 5.75 Å². The van der Waals surface area contributed by atoms with Gasteiger partial charge in [0.25, 0.3) is 5.91 Å². The van der Waals surface area contributed by atoms with Gasteiger partial charge in [-0.2, -0.15) is 0 Å². The third-order valence-electron chi connectivity index (χ3n) is 4.30. The van der Waals surface area contributed by atoms with E-state index in [-0.39, 0.29) is 18.3 Å². The van der Waals surface area contributed by atoms with Crippen LogP contribution in [0.25, 0.3) is 0 Å². The summed E-state index contributed by atoms with van der Waals surface area (Å²) < 4.78 is 31.7. The van der Waals surface area contributed by atoms with Gasteiger partial charge >= 0.3 is 0 Å². The summed E-state index contributed by atoms with van der Waals surface area (Å²) in [6, 6.07) is 8.86. The number of carbonyl (C=O) groups is 1. The molecular formula is C19H21F2N3O2. The Morgan fingerprint density at radius 3 is 2.77 bits per heavy atom. The molecule has 0 unspecified atom stereocenters. The maximum Gasteiger partial charge on any atom is 0.260 e. The summed E-state index contributed by atoms with van der Waals surface area (Å²) in [4.78, 5) is 20.7. The van der Waals surface area contributed by atoms with Crippen LogP contribution in [0.4, 0.5) is 8.78 Å². The summed E-state index contributed by atoms with van der Waals surface area (Å²) in [5, 5.41) is 0. The van der Waals surface area contributed by atoms with Crippen molar-refractivity contribution in [2.45, 2.75) is 13.0 Å². The van der Waals surface area contributed by atoms with E-state index in [1.165, 1.54) is 6.07 Å². The maximum absolute atomic E-state index is 13.6. The Morgan fingerprint density at radius 1 is 1.12 bits per heavy atom. The Balaban J connectivity index is 1.49. The van der Waals surface area contributed by atoms with Crippen LogP contribution in [0.3, 0.4) is 0 Å². The Hall–Kier alpha value is -2.54. The largest absolute Gasteiger partial charge is 0.481 e. The van der Waals surface area contributed by atoms with E-state index in [2.05, 4.69) is 9.88 Å². The predicted molar refractivity (Wildman–Crippen MR) is 92.6 cm³/mol. The van der Waals surface area contributed by atoms with E-state index in [9.17, 15) is 13.6 Å². The minimum atomic E-state index is -0.810. The van der Waals surface area contributed by atoms with Crippen LogP contribution in [0.2, 0.25) is 0 Å². The van der Waals surface area contributed by atoms with Crippen LogP contribution in [-0.2, 0) is 11.3 Å². The van der Waals surface area contributed by atoms with Crippen molar-refractivity contribution in [2.24, 2.45) is 0 Å². The van der Waals surface area contributed by atoms with Gasteiger partial charge in [0.1, 0.15) is 5.82 Å². The topological polar surface area (TPSA) is 45.7 Å².